The fourth-order valence-corrected chi connectivity index (χ4v) is 3.19. The highest BCUT2D eigenvalue weighted by molar-refractivity contribution is 5.31. The predicted octanol–water partition coefficient (Wildman–Crippen LogP) is 6.64. The van der Waals surface area contributed by atoms with Gasteiger partial charge in [-0.25, -0.2) is 4.98 Å². The molecule has 0 bridgehead atoms. The first kappa shape index (κ1) is 20.3. The summed E-state index contributed by atoms with van der Waals surface area (Å²) in [6.45, 7) is 20.8. The molecule has 1 heterocycles. The van der Waals surface area contributed by atoms with E-state index in [1.165, 1.54) is 37.1 Å². The van der Waals surface area contributed by atoms with E-state index in [1.807, 2.05) is 0 Å². The molecule has 2 nitrogen and oxygen atoms in total. The van der Waals surface area contributed by atoms with E-state index in [9.17, 15) is 0 Å². The second-order valence-electron chi connectivity index (χ2n) is 9.17. The van der Waals surface area contributed by atoms with Crippen molar-refractivity contribution in [2.45, 2.75) is 117 Å². The summed E-state index contributed by atoms with van der Waals surface area (Å²) in [6.07, 6.45) is 7.38. The molecule has 0 saturated heterocycles. The minimum atomic E-state index is 0.0644. The van der Waals surface area contributed by atoms with Crippen LogP contribution in [0, 0.1) is 0 Å². The van der Waals surface area contributed by atoms with Crippen LogP contribution in [0.2, 0.25) is 0 Å². The maximum Gasteiger partial charge on any atom is 0.112 e. The summed E-state index contributed by atoms with van der Waals surface area (Å²) in [5.41, 5.74) is 3.08. The van der Waals surface area contributed by atoms with Gasteiger partial charge in [0, 0.05) is 21.9 Å². The van der Waals surface area contributed by atoms with Crippen molar-refractivity contribution >= 4 is 0 Å². The van der Waals surface area contributed by atoms with Gasteiger partial charge in [0.25, 0.3) is 0 Å². The van der Waals surface area contributed by atoms with Crippen molar-refractivity contribution in [2.75, 3.05) is 0 Å². The maximum atomic E-state index is 5.14. The van der Waals surface area contributed by atoms with Crippen LogP contribution in [0.15, 0.2) is 0 Å². The summed E-state index contributed by atoms with van der Waals surface area (Å²) in [5, 5.41) is 0. The summed E-state index contributed by atoms with van der Waals surface area (Å²) in [5.74, 6) is 1.14. The van der Waals surface area contributed by atoms with Crippen LogP contribution in [0.25, 0.3) is 0 Å². The lowest BCUT2D eigenvalue weighted by atomic mass is 9.74. The van der Waals surface area contributed by atoms with Crippen molar-refractivity contribution in [3.8, 4) is 0 Å². The molecule has 0 fully saturated rings. The van der Waals surface area contributed by atoms with Crippen molar-refractivity contribution in [3.05, 3.63) is 17.2 Å². The largest absolute Gasteiger partial charge is 0.345 e. The molecule has 0 spiro atoms. The van der Waals surface area contributed by atoms with Gasteiger partial charge in [0.15, 0.2) is 0 Å². The topological polar surface area (TPSA) is 28.7 Å². The van der Waals surface area contributed by atoms with Gasteiger partial charge < -0.3 is 4.98 Å². The number of imidazole rings is 1. The molecule has 0 aliphatic carbocycles. The minimum absolute atomic E-state index is 0.0644. The standard InChI is InChI=1S/C21H40N2/c1-10-13-14-15-20(7,8)16-17(21(9,11-2)12-3)23-18(22-16)19(4,5)6/h10-15H2,1-9H3,(H,22,23). The van der Waals surface area contributed by atoms with Gasteiger partial charge >= 0.3 is 0 Å². The first-order valence-corrected chi connectivity index (χ1v) is 9.63. The van der Waals surface area contributed by atoms with Gasteiger partial charge in [0.1, 0.15) is 5.82 Å². The second kappa shape index (κ2) is 7.40. The van der Waals surface area contributed by atoms with Crippen LogP contribution in [0.3, 0.4) is 0 Å². The molecular weight excluding hydrogens is 280 g/mol. The second-order valence-corrected chi connectivity index (χ2v) is 9.17. The van der Waals surface area contributed by atoms with Crippen molar-refractivity contribution in [1.82, 2.24) is 9.97 Å². The van der Waals surface area contributed by atoms with E-state index < -0.39 is 0 Å². The SMILES string of the molecule is CCCCCC(C)(C)c1nc(C(C)(C)C)[nH]c1C(C)(CC)CC. The number of unbranched alkanes of at least 4 members (excludes halogenated alkanes) is 2. The Labute approximate surface area is 144 Å². The molecule has 2 heteroatoms. The van der Waals surface area contributed by atoms with Gasteiger partial charge in [-0.05, 0) is 19.3 Å². The van der Waals surface area contributed by atoms with Crippen molar-refractivity contribution in [1.29, 1.82) is 0 Å². The molecule has 0 radical (unpaired) electrons. The van der Waals surface area contributed by atoms with Crippen LogP contribution >= 0.6 is 0 Å². The molecule has 1 rings (SSSR count). The van der Waals surface area contributed by atoms with E-state index in [2.05, 4.69) is 67.3 Å². The average Bonchev–Trinajstić information content (AvgIpc) is 2.93. The summed E-state index contributed by atoms with van der Waals surface area (Å²) >= 11 is 0. The summed E-state index contributed by atoms with van der Waals surface area (Å²) in [4.78, 5) is 8.89. The normalized spacial score (nSPS) is 13.6. The van der Waals surface area contributed by atoms with Crippen molar-refractivity contribution in [3.63, 3.8) is 0 Å². The molecule has 0 atom stereocenters. The Morgan fingerprint density at radius 1 is 0.870 bits per heavy atom. The minimum Gasteiger partial charge on any atom is -0.345 e. The lowest BCUT2D eigenvalue weighted by Crippen LogP contribution is -2.28. The molecule has 23 heavy (non-hydrogen) atoms. The van der Waals surface area contributed by atoms with E-state index in [1.54, 1.807) is 0 Å². The third kappa shape index (κ3) is 4.61. The van der Waals surface area contributed by atoms with Crippen LogP contribution in [0.1, 0.15) is 118 Å². The van der Waals surface area contributed by atoms with Crippen LogP contribution in [0.4, 0.5) is 0 Å². The summed E-state index contributed by atoms with van der Waals surface area (Å²) < 4.78 is 0. The highest BCUT2D eigenvalue weighted by Gasteiger charge is 2.36. The zero-order valence-corrected chi connectivity index (χ0v) is 17.2. The fraction of sp³-hybridized carbons (Fsp3) is 0.857. The van der Waals surface area contributed by atoms with Crippen molar-refractivity contribution in [2.24, 2.45) is 0 Å². The Morgan fingerprint density at radius 2 is 1.43 bits per heavy atom. The van der Waals surface area contributed by atoms with Gasteiger partial charge in [0.2, 0.25) is 0 Å². The molecule has 0 aromatic carbocycles. The predicted molar refractivity (Wildman–Crippen MR) is 102 cm³/mol. The fourth-order valence-electron chi connectivity index (χ4n) is 3.19. The molecule has 0 unspecified atom stereocenters. The molecule has 0 aliphatic heterocycles. The number of aromatic amines is 1. The zero-order chi connectivity index (χ0) is 17.9. The number of hydrogen-bond acceptors (Lipinski definition) is 1. The number of nitrogens with zero attached hydrogens (tertiary/aromatic N) is 1. The monoisotopic (exact) mass is 320 g/mol. The van der Waals surface area contributed by atoms with E-state index >= 15 is 0 Å². The summed E-state index contributed by atoms with van der Waals surface area (Å²) in [6, 6.07) is 0. The van der Waals surface area contributed by atoms with Crippen LogP contribution in [-0.4, -0.2) is 9.97 Å². The lowest BCUT2D eigenvalue weighted by molar-refractivity contribution is 0.390. The van der Waals surface area contributed by atoms with Gasteiger partial charge in [-0.1, -0.05) is 81.6 Å². The molecular formula is C21H40N2. The Bertz CT molecular complexity index is 484. The maximum absolute atomic E-state index is 5.14. The number of H-pyrrole nitrogens is 1. The van der Waals surface area contributed by atoms with Gasteiger partial charge in [-0.15, -0.1) is 0 Å². The number of rotatable bonds is 8. The molecule has 134 valence electrons. The molecule has 1 aromatic heterocycles. The first-order chi connectivity index (χ1) is 10.5. The zero-order valence-electron chi connectivity index (χ0n) is 17.2. The average molecular weight is 321 g/mol. The molecule has 1 N–H and O–H groups in total. The van der Waals surface area contributed by atoms with E-state index in [-0.39, 0.29) is 16.2 Å². The highest BCUT2D eigenvalue weighted by atomic mass is 15.0. The Morgan fingerprint density at radius 3 is 1.87 bits per heavy atom. The Balaban J connectivity index is 3.36. The van der Waals surface area contributed by atoms with E-state index in [4.69, 9.17) is 4.98 Å². The quantitative estimate of drug-likeness (QED) is 0.534. The number of aromatic nitrogens is 2. The Kier molecular flexibility index (Phi) is 6.52. The van der Waals surface area contributed by atoms with E-state index in [0.717, 1.165) is 18.7 Å². The molecule has 0 amide bonds. The Hall–Kier alpha value is -0.790. The van der Waals surface area contributed by atoms with Crippen LogP contribution in [0.5, 0.6) is 0 Å². The van der Waals surface area contributed by atoms with Crippen molar-refractivity contribution < 1.29 is 0 Å². The molecule has 1 aromatic rings. The van der Waals surface area contributed by atoms with Gasteiger partial charge in [-0.2, -0.15) is 0 Å². The molecule has 0 saturated carbocycles. The molecule has 0 aliphatic rings. The summed E-state index contributed by atoms with van der Waals surface area (Å²) in [7, 11) is 0. The van der Waals surface area contributed by atoms with Gasteiger partial charge in [-0.3, -0.25) is 0 Å². The third-order valence-corrected chi connectivity index (χ3v) is 5.62. The van der Waals surface area contributed by atoms with Gasteiger partial charge in [0.05, 0.1) is 5.69 Å². The smallest absolute Gasteiger partial charge is 0.112 e. The van der Waals surface area contributed by atoms with E-state index in [0.29, 0.717) is 0 Å². The number of hydrogen-bond donors (Lipinski definition) is 1. The highest BCUT2D eigenvalue weighted by Crippen LogP contribution is 2.40. The van der Waals surface area contributed by atoms with Crippen LogP contribution in [-0.2, 0) is 16.2 Å². The lowest BCUT2D eigenvalue weighted by Gasteiger charge is -2.32. The number of nitrogens with one attached hydrogen (secondary N) is 1. The van der Waals surface area contributed by atoms with Crippen LogP contribution < -0.4 is 0 Å². The first-order valence-electron chi connectivity index (χ1n) is 9.63. The third-order valence-electron chi connectivity index (χ3n) is 5.62.